The van der Waals surface area contributed by atoms with Crippen LogP contribution >= 0.6 is 57.6 Å². The number of sulfone groups is 2. The molecule has 2 aliphatic heterocycles. The Bertz CT molecular complexity index is 2110. The first-order chi connectivity index (χ1) is 21.7. The molecule has 6 rings (SSSR count). The average Bonchev–Trinajstić information content (AvgIpc) is 3.47. The highest BCUT2D eigenvalue weighted by Gasteiger charge is 2.37. The molecule has 46 heavy (non-hydrogen) atoms. The van der Waals surface area contributed by atoms with Gasteiger partial charge in [0.15, 0.2) is 25.4 Å². The van der Waals surface area contributed by atoms with Gasteiger partial charge in [-0.05, 0) is 77.4 Å². The lowest BCUT2D eigenvalue weighted by Gasteiger charge is -2.17. The van der Waals surface area contributed by atoms with Crippen LogP contribution in [0.2, 0.25) is 10.0 Å². The molecule has 16 heteroatoms. The van der Waals surface area contributed by atoms with Gasteiger partial charge >= 0.3 is 0 Å². The molecule has 0 unspecified atom stereocenters. The zero-order chi connectivity index (χ0) is 33.6. The van der Waals surface area contributed by atoms with Gasteiger partial charge < -0.3 is 9.84 Å². The van der Waals surface area contributed by atoms with E-state index in [-0.39, 0.29) is 32.0 Å². The number of para-hydroxylation sites is 2. The molecule has 0 saturated heterocycles. The summed E-state index contributed by atoms with van der Waals surface area (Å²) in [4.78, 5) is 29.0. The summed E-state index contributed by atoms with van der Waals surface area (Å²) >= 11 is 15.3. The van der Waals surface area contributed by atoms with Gasteiger partial charge in [0.05, 0.1) is 46.8 Å². The summed E-state index contributed by atoms with van der Waals surface area (Å²) in [6.07, 6.45) is 1.85. The van der Waals surface area contributed by atoms with Gasteiger partial charge in [0, 0.05) is 11.1 Å². The van der Waals surface area contributed by atoms with Gasteiger partial charge in [-0.1, -0.05) is 47.5 Å². The molecule has 0 radical (unpaired) electrons. The molecule has 10 nitrogen and oxygen atoms in total. The third-order valence-corrected chi connectivity index (χ3v) is 12.4. The van der Waals surface area contributed by atoms with E-state index in [4.69, 9.17) is 27.9 Å². The van der Waals surface area contributed by atoms with Crippen molar-refractivity contribution in [1.29, 1.82) is 0 Å². The SMILES string of the molecule is COc1c(Cl)cc(C(=O)N2CS(=O)(=O)c3ccccc32)cc1SC.O=C(c1cc(Cl)c(O)c(I)c1)N1CS(=O)(=O)c2ccccc21. The average molecular weight is 834 g/mol. The van der Waals surface area contributed by atoms with E-state index in [0.717, 1.165) is 0 Å². The zero-order valence-corrected chi connectivity index (χ0v) is 30.0. The second-order valence-electron chi connectivity index (χ2n) is 9.87. The molecule has 0 aromatic heterocycles. The van der Waals surface area contributed by atoms with E-state index in [1.807, 2.05) is 28.8 Å². The minimum Gasteiger partial charge on any atom is -0.505 e. The Hall–Kier alpha value is -3.02. The first kappa shape index (κ1) is 34.3. The molecular formula is C30H23Cl2IN2O8S3. The normalized spacial score (nSPS) is 15.4. The van der Waals surface area contributed by atoms with Crippen molar-refractivity contribution in [2.45, 2.75) is 14.7 Å². The number of methoxy groups -OCH3 is 1. The Labute approximate surface area is 293 Å². The van der Waals surface area contributed by atoms with Crippen molar-refractivity contribution in [3.05, 3.63) is 97.5 Å². The lowest BCUT2D eigenvalue weighted by molar-refractivity contribution is 0.0983. The van der Waals surface area contributed by atoms with Gasteiger partial charge in [-0.2, -0.15) is 0 Å². The van der Waals surface area contributed by atoms with Crippen LogP contribution in [-0.4, -0.2) is 58.9 Å². The fourth-order valence-corrected chi connectivity index (χ4v) is 9.90. The fraction of sp³-hybridized carbons (Fsp3) is 0.133. The first-order valence-electron chi connectivity index (χ1n) is 13.1. The van der Waals surface area contributed by atoms with E-state index in [1.165, 1.54) is 59.0 Å². The maximum Gasteiger partial charge on any atom is 0.259 e. The van der Waals surface area contributed by atoms with E-state index >= 15 is 0 Å². The number of ether oxygens (including phenoxy) is 1. The van der Waals surface area contributed by atoms with Crippen molar-refractivity contribution >= 4 is 100 Å². The maximum atomic E-state index is 12.9. The molecule has 0 aliphatic carbocycles. The summed E-state index contributed by atoms with van der Waals surface area (Å²) in [5.74, 6) is -1.27. The number of carbonyl (C=O) groups excluding carboxylic acids is 2. The molecule has 0 atom stereocenters. The molecule has 0 bridgehead atoms. The number of fused-ring (bicyclic) bond motifs is 2. The van der Waals surface area contributed by atoms with Crippen LogP contribution in [0.1, 0.15) is 20.7 Å². The molecule has 0 spiro atoms. The molecule has 4 aromatic rings. The van der Waals surface area contributed by atoms with Crippen LogP contribution in [0.4, 0.5) is 11.4 Å². The van der Waals surface area contributed by atoms with Crippen LogP contribution in [0.3, 0.4) is 0 Å². The summed E-state index contributed by atoms with van der Waals surface area (Å²) in [6.45, 7) is 0. The quantitative estimate of drug-likeness (QED) is 0.180. The van der Waals surface area contributed by atoms with Crippen LogP contribution < -0.4 is 14.5 Å². The van der Waals surface area contributed by atoms with Crippen molar-refractivity contribution in [3.63, 3.8) is 0 Å². The Kier molecular flexibility index (Phi) is 9.88. The van der Waals surface area contributed by atoms with Crippen molar-refractivity contribution in [2.24, 2.45) is 0 Å². The van der Waals surface area contributed by atoms with Gasteiger partial charge in [0.25, 0.3) is 11.8 Å². The smallest absolute Gasteiger partial charge is 0.259 e. The van der Waals surface area contributed by atoms with Crippen LogP contribution in [-0.2, 0) is 19.7 Å². The number of hydrogen-bond donors (Lipinski definition) is 1. The first-order valence-corrected chi connectivity index (χ1v) is 19.4. The van der Waals surface area contributed by atoms with Crippen molar-refractivity contribution in [2.75, 3.05) is 34.9 Å². The highest BCUT2D eigenvalue weighted by Crippen LogP contribution is 2.39. The number of benzene rings is 4. The predicted octanol–water partition coefficient (Wildman–Crippen LogP) is 6.50. The fourth-order valence-electron chi connectivity index (χ4n) is 4.88. The van der Waals surface area contributed by atoms with E-state index in [1.54, 1.807) is 42.5 Å². The Morgan fingerprint density at radius 2 is 1.26 bits per heavy atom. The second kappa shape index (κ2) is 13.2. The minimum atomic E-state index is -3.52. The standard InChI is InChI=1S/C16H14ClNO4S2.C14H9ClINO4S/c1-22-15-11(17)7-10(8-13(15)23-2)16(19)18-9-24(20,21)14-6-4-3-5-12(14)18;15-9-5-8(6-10(16)13(9)18)14(19)17-7-22(20,21)12-4-2-1-3-11(12)17/h3-8H,9H2,1-2H3;1-6,18H,7H2. The monoisotopic (exact) mass is 832 g/mol. The summed E-state index contributed by atoms with van der Waals surface area (Å²) in [7, 11) is -5.51. The number of amides is 2. The van der Waals surface area contributed by atoms with Crippen LogP contribution in [0.15, 0.2) is 87.5 Å². The number of halogens is 3. The van der Waals surface area contributed by atoms with Gasteiger partial charge in [-0.3, -0.25) is 19.4 Å². The molecule has 0 saturated carbocycles. The highest BCUT2D eigenvalue weighted by molar-refractivity contribution is 14.1. The Morgan fingerprint density at radius 3 is 1.72 bits per heavy atom. The molecule has 2 heterocycles. The number of aromatic hydroxyl groups is 1. The van der Waals surface area contributed by atoms with Gasteiger partial charge in [0.1, 0.15) is 17.5 Å². The predicted molar refractivity (Wildman–Crippen MR) is 186 cm³/mol. The number of thioether (sulfide) groups is 1. The molecule has 0 fully saturated rings. The number of nitrogens with zero attached hydrogens (tertiary/aromatic N) is 2. The van der Waals surface area contributed by atoms with Gasteiger partial charge in [-0.15, -0.1) is 11.8 Å². The lowest BCUT2D eigenvalue weighted by atomic mass is 10.1. The van der Waals surface area contributed by atoms with Crippen LogP contribution in [0, 0.1) is 3.57 Å². The molecule has 240 valence electrons. The van der Waals surface area contributed by atoms with Crippen LogP contribution in [0.5, 0.6) is 11.5 Å². The Balaban J connectivity index is 0.000000182. The number of rotatable bonds is 4. The van der Waals surface area contributed by atoms with E-state index in [2.05, 4.69) is 0 Å². The number of carbonyl (C=O) groups is 2. The third kappa shape index (κ3) is 6.42. The van der Waals surface area contributed by atoms with Crippen molar-refractivity contribution < 1.29 is 36.3 Å². The second-order valence-corrected chi connectivity index (χ2v) is 16.6. The molecule has 4 aromatic carbocycles. The van der Waals surface area contributed by atoms with Crippen molar-refractivity contribution in [3.8, 4) is 11.5 Å². The highest BCUT2D eigenvalue weighted by atomic mass is 127. The topological polar surface area (TPSA) is 138 Å². The summed E-state index contributed by atoms with van der Waals surface area (Å²) < 4.78 is 54.4. The number of phenols is 1. The maximum absolute atomic E-state index is 12.9. The minimum absolute atomic E-state index is 0.0468. The molecular weight excluding hydrogens is 810 g/mol. The Morgan fingerprint density at radius 1 is 0.804 bits per heavy atom. The van der Waals surface area contributed by atoms with E-state index in [9.17, 15) is 31.5 Å². The zero-order valence-electron chi connectivity index (χ0n) is 23.9. The summed E-state index contributed by atoms with van der Waals surface area (Å²) in [5, 5.41) is 10.0. The van der Waals surface area contributed by atoms with Gasteiger partial charge in [-0.25, -0.2) is 16.8 Å². The summed E-state index contributed by atoms with van der Waals surface area (Å²) in [5.41, 5.74) is 1.28. The number of hydrogen-bond acceptors (Lipinski definition) is 9. The largest absolute Gasteiger partial charge is 0.505 e. The molecule has 2 amide bonds. The van der Waals surface area contributed by atoms with E-state index in [0.29, 0.717) is 36.2 Å². The summed E-state index contributed by atoms with van der Waals surface area (Å²) in [6, 6.07) is 18.8. The number of phenolic OH excluding ortho intramolecular Hbond substituents is 1. The van der Waals surface area contributed by atoms with Gasteiger partial charge in [0.2, 0.25) is 0 Å². The molecule has 1 N–H and O–H groups in total. The van der Waals surface area contributed by atoms with Crippen molar-refractivity contribution in [1.82, 2.24) is 0 Å². The van der Waals surface area contributed by atoms with Crippen LogP contribution in [0.25, 0.3) is 0 Å². The third-order valence-electron chi connectivity index (χ3n) is 7.02. The lowest BCUT2D eigenvalue weighted by Crippen LogP contribution is -2.30. The molecule has 2 aliphatic rings. The van der Waals surface area contributed by atoms with E-state index < -0.39 is 37.4 Å². The number of anilines is 2.